The zero-order chi connectivity index (χ0) is 18.6. The Labute approximate surface area is 147 Å². The minimum absolute atomic E-state index is 0.328. The predicted octanol–water partition coefficient (Wildman–Crippen LogP) is 3.83. The van der Waals surface area contributed by atoms with E-state index < -0.39 is 5.54 Å². The lowest BCUT2D eigenvalue weighted by Crippen LogP contribution is -2.43. The van der Waals surface area contributed by atoms with Crippen molar-refractivity contribution in [3.8, 4) is 0 Å². The summed E-state index contributed by atoms with van der Waals surface area (Å²) in [5.41, 5.74) is 9.67. The maximum absolute atomic E-state index is 12.3. The molecule has 2 aromatic rings. The van der Waals surface area contributed by atoms with Gasteiger partial charge in [0.25, 0.3) is 0 Å². The van der Waals surface area contributed by atoms with Gasteiger partial charge in [0.15, 0.2) is 0 Å². The predicted molar refractivity (Wildman–Crippen MR) is 101 cm³/mol. The molecule has 0 aliphatic carbocycles. The number of aryl methyl sites for hydroxylation is 1. The number of nitrogens with two attached hydrogens (primary N) is 1. The summed E-state index contributed by atoms with van der Waals surface area (Å²) in [4.78, 5) is 12.3. The molecule has 0 aromatic heterocycles. The Hall–Kier alpha value is -3.02. The van der Waals surface area contributed by atoms with Gasteiger partial charge in [-0.25, -0.2) is 4.79 Å². The second kappa shape index (κ2) is 7.25. The van der Waals surface area contributed by atoms with Gasteiger partial charge in [-0.1, -0.05) is 29.4 Å². The molecule has 5 N–H and O–H groups in total. The molecule has 0 unspecified atom stereocenters. The van der Waals surface area contributed by atoms with Crippen molar-refractivity contribution >= 4 is 23.1 Å². The fourth-order valence-electron chi connectivity index (χ4n) is 2.43. The summed E-state index contributed by atoms with van der Waals surface area (Å²) in [6.45, 7) is 7.43. The molecule has 0 bridgehead atoms. The third-order valence-electron chi connectivity index (χ3n) is 4.12. The van der Waals surface area contributed by atoms with Crippen molar-refractivity contribution in [1.82, 2.24) is 5.32 Å². The van der Waals surface area contributed by atoms with E-state index in [1.54, 1.807) is 19.1 Å². The summed E-state index contributed by atoms with van der Waals surface area (Å²) < 4.78 is 0. The van der Waals surface area contributed by atoms with Crippen LogP contribution in [0.4, 0.5) is 16.2 Å². The van der Waals surface area contributed by atoms with E-state index in [2.05, 4.69) is 15.8 Å². The molecule has 2 rings (SSSR count). The van der Waals surface area contributed by atoms with E-state index in [0.717, 1.165) is 16.7 Å². The summed E-state index contributed by atoms with van der Waals surface area (Å²) in [6, 6.07) is 12.6. The number of nitrogen functional groups attached to an aromatic ring is 1. The van der Waals surface area contributed by atoms with Crippen molar-refractivity contribution in [2.75, 3.05) is 11.1 Å². The molecule has 0 saturated carbocycles. The molecule has 2 aromatic carbocycles. The van der Waals surface area contributed by atoms with Crippen molar-refractivity contribution in [2.24, 2.45) is 5.16 Å². The highest BCUT2D eigenvalue weighted by atomic mass is 16.4. The maximum Gasteiger partial charge on any atom is 0.319 e. The van der Waals surface area contributed by atoms with E-state index in [9.17, 15) is 4.79 Å². The van der Waals surface area contributed by atoms with Gasteiger partial charge in [0.2, 0.25) is 0 Å². The van der Waals surface area contributed by atoms with Crippen LogP contribution in [0.2, 0.25) is 0 Å². The monoisotopic (exact) mass is 340 g/mol. The van der Waals surface area contributed by atoms with Crippen LogP contribution in [0.5, 0.6) is 0 Å². The minimum Gasteiger partial charge on any atom is -0.411 e. The first-order valence-electron chi connectivity index (χ1n) is 7.98. The molecule has 0 spiro atoms. The zero-order valence-corrected chi connectivity index (χ0v) is 14.9. The standard InChI is InChI=1S/C19H24N4O2/c1-12-8-9-16(11-17(12)20)21-18(24)22-19(3,4)15-7-5-6-14(10-15)13(2)23-25/h5-11,25H,20H2,1-4H3,(H2,21,22,24)/b23-13+. The van der Waals surface area contributed by atoms with Crippen LogP contribution in [0.25, 0.3) is 0 Å². The Kier molecular flexibility index (Phi) is 5.32. The van der Waals surface area contributed by atoms with Gasteiger partial charge in [-0.15, -0.1) is 0 Å². The van der Waals surface area contributed by atoms with Gasteiger partial charge in [-0.2, -0.15) is 0 Å². The molecule has 0 fully saturated rings. The van der Waals surface area contributed by atoms with Crippen LogP contribution < -0.4 is 16.4 Å². The third kappa shape index (κ3) is 4.50. The molecule has 6 heteroatoms. The molecular formula is C19H24N4O2. The number of oxime groups is 1. The van der Waals surface area contributed by atoms with Crippen molar-refractivity contribution in [3.05, 3.63) is 59.2 Å². The van der Waals surface area contributed by atoms with Gasteiger partial charge < -0.3 is 21.6 Å². The number of rotatable bonds is 4. The SMILES string of the molecule is C/C(=N\O)c1cccc(C(C)(C)NC(=O)Nc2ccc(C)c(N)c2)c1. The van der Waals surface area contributed by atoms with Crippen LogP contribution >= 0.6 is 0 Å². The number of amides is 2. The molecule has 0 radical (unpaired) electrons. The summed E-state index contributed by atoms with van der Waals surface area (Å²) in [5.74, 6) is 0. The molecular weight excluding hydrogens is 316 g/mol. The third-order valence-corrected chi connectivity index (χ3v) is 4.12. The minimum atomic E-state index is -0.619. The molecule has 132 valence electrons. The molecule has 0 aliphatic rings. The first-order chi connectivity index (χ1) is 11.7. The lowest BCUT2D eigenvalue weighted by atomic mass is 9.92. The van der Waals surface area contributed by atoms with E-state index in [4.69, 9.17) is 10.9 Å². The van der Waals surface area contributed by atoms with Crippen LogP contribution in [0, 0.1) is 6.92 Å². The maximum atomic E-state index is 12.3. The highest BCUT2D eigenvalue weighted by Crippen LogP contribution is 2.22. The fraction of sp³-hybridized carbons (Fsp3) is 0.263. The van der Waals surface area contributed by atoms with E-state index in [-0.39, 0.29) is 6.03 Å². The number of nitrogens with zero attached hydrogens (tertiary/aromatic N) is 1. The van der Waals surface area contributed by atoms with E-state index in [1.807, 2.05) is 51.1 Å². The first-order valence-corrected chi connectivity index (χ1v) is 7.98. The number of hydrogen-bond acceptors (Lipinski definition) is 4. The fourth-order valence-corrected chi connectivity index (χ4v) is 2.43. The van der Waals surface area contributed by atoms with E-state index in [1.165, 1.54) is 0 Å². The number of hydrogen-bond donors (Lipinski definition) is 4. The summed E-state index contributed by atoms with van der Waals surface area (Å²) in [5, 5.41) is 17.9. The summed E-state index contributed by atoms with van der Waals surface area (Å²) in [7, 11) is 0. The lowest BCUT2D eigenvalue weighted by molar-refractivity contribution is 0.242. The average molecular weight is 340 g/mol. The Morgan fingerprint density at radius 2 is 1.92 bits per heavy atom. The van der Waals surface area contributed by atoms with Gasteiger partial charge in [-0.3, -0.25) is 0 Å². The lowest BCUT2D eigenvalue weighted by Gasteiger charge is -2.27. The van der Waals surface area contributed by atoms with Crippen molar-refractivity contribution in [3.63, 3.8) is 0 Å². The van der Waals surface area contributed by atoms with Crippen LogP contribution in [0.1, 0.15) is 37.5 Å². The van der Waals surface area contributed by atoms with Crippen LogP contribution in [0.15, 0.2) is 47.6 Å². The van der Waals surface area contributed by atoms with Gasteiger partial charge in [0, 0.05) is 11.4 Å². The van der Waals surface area contributed by atoms with Crippen LogP contribution in [-0.2, 0) is 5.54 Å². The Balaban J connectivity index is 2.14. The molecule has 6 nitrogen and oxygen atoms in total. The molecule has 0 saturated heterocycles. The quantitative estimate of drug-likeness (QED) is 0.294. The molecule has 25 heavy (non-hydrogen) atoms. The van der Waals surface area contributed by atoms with Crippen molar-refractivity contribution in [1.29, 1.82) is 0 Å². The van der Waals surface area contributed by atoms with Gasteiger partial charge in [0.05, 0.1) is 11.3 Å². The van der Waals surface area contributed by atoms with Crippen LogP contribution in [0.3, 0.4) is 0 Å². The van der Waals surface area contributed by atoms with Gasteiger partial charge in [-0.05, 0) is 62.6 Å². The van der Waals surface area contributed by atoms with E-state index >= 15 is 0 Å². The molecule has 2 amide bonds. The highest BCUT2D eigenvalue weighted by Gasteiger charge is 2.23. The van der Waals surface area contributed by atoms with Crippen LogP contribution in [-0.4, -0.2) is 17.0 Å². The first kappa shape index (κ1) is 18.3. The Bertz CT molecular complexity index is 813. The zero-order valence-electron chi connectivity index (χ0n) is 14.9. The molecule has 0 aliphatic heterocycles. The van der Waals surface area contributed by atoms with Gasteiger partial charge >= 0.3 is 6.03 Å². The Morgan fingerprint density at radius 1 is 1.20 bits per heavy atom. The molecule has 0 heterocycles. The highest BCUT2D eigenvalue weighted by molar-refractivity contribution is 5.98. The summed E-state index contributed by atoms with van der Waals surface area (Å²) in [6.07, 6.45) is 0. The normalized spacial score (nSPS) is 11.9. The van der Waals surface area contributed by atoms with Crippen molar-refractivity contribution < 1.29 is 10.0 Å². The second-order valence-corrected chi connectivity index (χ2v) is 6.54. The number of carbonyl (C=O) groups is 1. The Morgan fingerprint density at radius 3 is 2.56 bits per heavy atom. The number of carbonyl (C=O) groups excluding carboxylic acids is 1. The number of benzene rings is 2. The van der Waals surface area contributed by atoms with E-state index in [0.29, 0.717) is 17.1 Å². The summed E-state index contributed by atoms with van der Waals surface area (Å²) >= 11 is 0. The number of urea groups is 1. The molecule has 0 atom stereocenters. The van der Waals surface area contributed by atoms with Crippen molar-refractivity contribution in [2.45, 2.75) is 33.2 Å². The average Bonchev–Trinajstić information content (AvgIpc) is 2.57. The topological polar surface area (TPSA) is 99.7 Å². The largest absolute Gasteiger partial charge is 0.411 e. The second-order valence-electron chi connectivity index (χ2n) is 6.54. The number of anilines is 2. The number of nitrogens with one attached hydrogen (secondary N) is 2. The van der Waals surface area contributed by atoms with Gasteiger partial charge in [0.1, 0.15) is 0 Å². The smallest absolute Gasteiger partial charge is 0.319 e.